The van der Waals surface area contributed by atoms with Crippen LogP contribution in [0.1, 0.15) is 22.3 Å². The summed E-state index contributed by atoms with van der Waals surface area (Å²) >= 11 is 1.86. The Morgan fingerprint density at radius 1 is 0.382 bits per heavy atom. The molecule has 0 N–H and O–H groups in total. The molecule has 0 spiro atoms. The molecule has 1 aliphatic rings. The van der Waals surface area contributed by atoms with Gasteiger partial charge in [0.25, 0.3) is 0 Å². The quantitative estimate of drug-likeness (QED) is 0.159. The third-order valence-corrected chi connectivity index (χ3v) is 15.5. The van der Waals surface area contributed by atoms with Crippen molar-refractivity contribution >= 4 is 81.3 Å². The molecular formula is C65H41NOS. The molecule has 2 nitrogen and oxygen atoms in total. The van der Waals surface area contributed by atoms with Gasteiger partial charge in [0.05, 0.1) is 16.8 Å². The predicted molar refractivity (Wildman–Crippen MR) is 287 cm³/mol. The number of nitrogens with zero attached hydrogens (tertiary/aromatic N) is 1. The second-order valence-corrected chi connectivity index (χ2v) is 19.0. The molecule has 0 saturated carbocycles. The molecule has 68 heavy (non-hydrogen) atoms. The number of para-hydroxylation sites is 1. The van der Waals surface area contributed by atoms with Crippen molar-refractivity contribution in [1.82, 2.24) is 0 Å². The molecule has 14 rings (SSSR count). The molecule has 0 amide bonds. The summed E-state index contributed by atoms with van der Waals surface area (Å²) in [4.78, 5) is 2.51. The highest BCUT2D eigenvalue weighted by molar-refractivity contribution is 7.25. The van der Waals surface area contributed by atoms with E-state index in [-0.39, 0.29) is 0 Å². The fraction of sp³-hybridized carbons (Fsp3) is 0.0154. The van der Waals surface area contributed by atoms with Crippen molar-refractivity contribution in [3.05, 3.63) is 271 Å². The Morgan fingerprint density at radius 2 is 1.00 bits per heavy atom. The highest BCUT2D eigenvalue weighted by Crippen LogP contribution is 2.60. The van der Waals surface area contributed by atoms with Gasteiger partial charge in [-0.2, -0.15) is 0 Å². The lowest BCUT2D eigenvalue weighted by atomic mass is 9.68. The molecule has 0 unspecified atom stereocenters. The van der Waals surface area contributed by atoms with Gasteiger partial charge in [0, 0.05) is 53.1 Å². The summed E-state index contributed by atoms with van der Waals surface area (Å²) in [6, 6.07) is 91.4. The van der Waals surface area contributed by atoms with Crippen LogP contribution in [0.3, 0.4) is 0 Å². The monoisotopic (exact) mass is 883 g/mol. The Labute approximate surface area is 398 Å². The normalized spacial score (nSPS) is 12.8. The largest absolute Gasteiger partial charge is 0.455 e. The lowest BCUT2D eigenvalue weighted by Gasteiger charge is -2.34. The molecule has 1 aliphatic carbocycles. The zero-order valence-corrected chi connectivity index (χ0v) is 37.8. The van der Waals surface area contributed by atoms with Crippen molar-refractivity contribution < 1.29 is 4.42 Å². The molecule has 13 aromatic rings. The molecular weight excluding hydrogens is 843 g/mol. The summed E-state index contributed by atoms with van der Waals surface area (Å²) in [6.45, 7) is 0. The number of anilines is 3. The summed E-state index contributed by atoms with van der Waals surface area (Å²) < 4.78 is 9.42. The van der Waals surface area contributed by atoms with Crippen LogP contribution in [0.25, 0.3) is 86.3 Å². The van der Waals surface area contributed by atoms with Crippen LogP contribution >= 0.6 is 11.3 Å². The van der Waals surface area contributed by atoms with Gasteiger partial charge in [0.2, 0.25) is 0 Å². The van der Waals surface area contributed by atoms with Gasteiger partial charge in [-0.25, -0.2) is 0 Å². The Morgan fingerprint density at radius 3 is 1.82 bits per heavy atom. The second-order valence-electron chi connectivity index (χ2n) is 17.9. The van der Waals surface area contributed by atoms with E-state index in [1.54, 1.807) is 0 Å². The van der Waals surface area contributed by atoms with Gasteiger partial charge in [0.15, 0.2) is 0 Å². The van der Waals surface area contributed by atoms with Gasteiger partial charge >= 0.3 is 0 Å². The Hall–Kier alpha value is -8.50. The van der Waals surface area contributed by atoms with E-state index in [0.717, 1.165) is 55.5 Å². The molecule has 3 heteroatoms. The van der Waals surface area contributed by atoms with Gasteiger partial charge < -0.3 is 9.32 Å². The first-order chi connectivity index (χ1) is 33.7. The topological polar surface area (TPSA) is 16.4 Å². The minimum absolute atomic E-state index is 0.548. The summed E-state index contributed by atoms with van der Waals surface area (Å²) in [5.41, 5.74) is 16.6. The minimum atomic E-state index is -0.548. The first kappa shape index (κ1) is 38.7. The molecule has 11 aromatic carbocycles. The fourth-order valence-corrected chi connectivity index (χ4v) is 12.5. The average molecular weight is 884 g/mol. The van der Waals surface area contributed by atoms with E-state index in [0.29, 0.717) is 0 Å². The van der Waals surface area contributed by atoms with Crippen LogP contribution in [-0.2, 0) is 5.41 Å². The zero-order valence-electron chi connectivity index (χ0n) is 36.9. The van der Waals surface area contributed by atoms with Crippen LogP contribution in [0.15, 0.2) is 253 Å². The lowest BCUT2D eigenvalue weighted by Crippen LogP contribution is -2.28. The Bertz CT molecular complexity index is 4050. The minimum Gasteiger partial charge on any atom is -0.455 e. The van der Waals surface area contributed by atoms with E-state index in [1.165, 1.54) is 70.1 Å². The molecule has 318 valence electrons. The maximum absolute atomic E-state index is 6.79. The van der Waals surface area contributed by atoms with Gasteiger partial charge in [-0.05, 0) is 104 Å². The summed E-state index contributed by atoms with van der Waals surface area (Å²) in [7, 11) is 0. The molecule has 2 heterocycles. The van der Waals surface area contributed by atoms with Gasteiger partial charge in [-0.3, -0.25) is 0 Å². The number of benzene rings is 11. The van der Waals surface area contributed by atoms with Gasteiger partial charge in [0.1, 0.15) is 11.2 Å². The van der Waals surface area contributed by atoms with Crippen molar-refractivity contribution in [2.75, 3.05) is 4.90 Å². The summed E-state index contributed by atoms with van der Waals surface area (Å²) in [5.74, 6) is 0. The number of thiophene rings is 1. The Balaban J connectivity index is 1.03. The highest BCUT2D eigenvalue weighted by Gasteiger charge is 2.47. The molecule has 0 aliphatic heterocycles. The number of furan rings is 1. The summed E-state index contributed by atoms with van der Waals surface area (Å²) in [6.07, 6.45) is 0. The first-order valence-corrected chi connectivity index (χ1v) is 24.1. The highest BCUT2D eigenvalue weighted by atomic mass is 32.1. The average Bonchev–Trinajstić information content (AvgIpc) is 4.08. The smallest absolute Gasteiger partial charge is 0.143 e. The number of hydrogen-bond acceptors (Lipinski definition) is 3. The summed E-state index contributed by atoms with van der Waals surface area (Å²) in [5, 5.41) is 7.12. The predicted octanol–water partition coefficient (Wildman–Crippen LogP) is 18.3. The van der Waals surface area contributed by atoms with Crippen LogP contribution in [0.5, 0.6) is 0 Å². The van der Waals surface area contributed by atoms with Crippen LogP contribution in [0, 0.1) is 0 Å². The molecule has 0 bridgehead atoms. The third-order valence-electron chi connectivity index (χ3n) is 14.4. The van der Waals surface area contributed by atoms with Crippen LogP contribution in [-0.4, -0.2) is 0 Å². The molecule has 0 atom stereocenters. The van der Waals surface area contributed by atoms with E-state index in [1.807, 2.05) is 11.3 Å². The van der Waals surface area contributed by atoms with Crippen LogP contribution < -0.4 is 4.90 Å². The van der Waals surface area contributed by atoms with Crippen molar-refractivity contribution in [2.45, 2.75) is 5.41 Å². The number of fused-ring (bicyclic) bond motifs is 11. The van der Waals surface area contributed by atoms with Crippen LogP contribution in [0.4, 0.5) is 17.1 Å². The van der Waals surface area contributed by atoms with E-state index in [4.69, 9.17) is 4.42 Å². The standard InChI is InChI=1S/C65H41NOS/c1-3-18-45(19-4-1)65(46-20-5-2-6-21-46)55-27-12-9-25-52(55)63-56(65)28-16-30-58(63)66(47-37-33-42(34-38-47)44-36-40-61-54(41-44)50-24-11-14-32-60(50)68-61)57-29-13-10-23-49(57)51-26-15-31-59-62(51)53-39-35-43-17-7-8-22-48(43)64(53)67-59/h1-41H. The second kappa shape index (κ2) is 15.3. The first-order valence-electron chi connectivity index (χ1n) is 23.3. The van der Waals surface area contributed by atoms with Gasteiger partial charge in [-0.15, -0.1) is 11.3 Å². The van der Waals surface area contributed by atoms with Crippen molar-refractivity contribution in [3.63, 3.8) is 0 Å². The van der Waals surface area contributed by atoms with Gasteiger partial charge in [-0.1, -0.05) is 194 Å². The maximum atomic E-state index is 6.79. The zero-order chi connectivity index (χ0) is 44.8. The van der Waals surface area contributed by atoms with E-state index in [9.17, 15) is 0 Å². The SMILES string of the molecule is c1ccc(C2(c3ccccc3)c3ccccc3-c3c(N(c4ccc(-c5ccc6sc7ccccc7c6c5)cc4)c4ccccc4-c4cccc5oc6c7ccccc7ccc6c45)cccc32)cc1. The maximum Gasteiger partial charge on any atom is 0.143 e. The van der Waals surface area contributed by atoms with Crippen LogP contribution in [0.2, 0.25) is 0 Å². The molecule has 0 fully saturated rings. The fourth-order valence-electron chi connectivity index (χ4n) is 11.5. The molecule has 0 radical (unpaired) electrons. The van der Waals surface area contributed by atoms with Crippen molar-refractivity contribution in [2.24, 2.45) is 0 Å². The van der Waals surface area contributed by atoms with E-state index >= 15 is 0 Å². The Kier molecular flexibility index (Phi) is 8.71. The van der Waals surface area contributed by atoms with Crippen molar-refractivity contribution in [3.8, 4) is 33.4 Å². The lowest BCUT2D eigenvalue weighted by molar-refractivity contribution is 0.673. The molecule has 2 aromatic heterocycles. The number of hydrogen-bond donors (Lipinski definition) is 0. The third kappa shape index (κ3) is 5.70. The van der Waals surface area contributed by atoms with E-state index in [2.05, 4.69) is 254 Å². The van der Waals surface area contributed by atoms with Crippen molar-refractivity contribution in [1.29, 1.82) is 0 Å². The number of rotatable bonds is 7. The van der Waals surface area contributed by atoms with E-state index < -0.39 is 5.41 Å². The molecule has 0 saturated heterocycles.